The number of carbonyl (C=O) groups is 3. The SMILES string of the molecule is C=C[C@@H](c1ccc(NC(=O)SN)c(F)c1)[C@@H](NC(=O)CC)C(=O)OC. The molecule has 0 aromatic heterocycles. The van der Waals surface area contributed by atoms with Gasteiger partial charge < -0.3 is 15.4 Å². The first-order valence-electron chi connectivity index (χ1n) is 7.34. The number of carbonyl (C=O) groups excluding carboxylic acids is 3. The van der Waals surface area contributed by atoms with Crippen LogP contribution in [0.4, 0.5) is 14.9 Å². The lowest BCUT2D eigenvalue weighted by atomic mass is 9.91. The molecule has 0 heterocycles. The normalized spacial score (nSPS) is 12.6. The summed E-state index contributed by atoms with van der Waals surface area (Å²) in [5.41, 5.74) is 0.333. The molecule has 0 bridgehead atoms. The van der Waals surface area contributed by atoms with E-state index in [0.717, 1.165) is 6.07 Å². The first-order valence-corrected chi connectivity index (χ1v) is 8.22. The van der Waals surface area contributed by atoms with E-state index >= 15 is 0 Å². The lowest BCUT2D eigenvalue weighted by Gasteiger charge is -2.24. The molecule has 136 valence electrons. The summed E-state index contributed by atoms with van der Waals surface area (Å²) >= 11 is 0.423. The van der Waals surface area contributed by atoms with Crippen LogP contribution in [-0.2, 0) is 14.3 Å². The highest BCUT2D eigenvalue weighted by Gasteiger charge is 2.30. The molecule has 2 atom stereocenters. The van der Waals surface area contributed by atoms with Crippen molar-refractivity contribution < 1.29 is 23.5 Å². The van der Waals surface area contributed by atoms with Gasteiger partial charge in [0.2, 0.25) is 5.91 Å². The fourth-order valence-corrected chi connectivity index (χ4v) is 2.31. The average molecular weight is 369 g/mol. The Kier molecular flexibility index (Phi) is 8.09. The van der Waals surface area contributed by atoms with Crippen molar-refractivity contribution in [1.29, 1.82) is 0 Å². The predicted molar refractivity (Wildman–Crippen MR) is 94.4 cm³/mol. The monoisotopic (exact) mass is 369 g/mol. The van der Waals surface area contributed by atoms with E-state index in [4.69, 9.17) is 9.88 Å². The molecule has 2 amide bonds. The fraction of sp³-hybridized carbons (Fsp3) is 0.312. The fourth-order valence-electron chi connectivity index (χ4n) is 2.14. The summed E-state index contributed by atoms with van der Waals surface area (Å²) in [6, 6.07) is 2.96. The molecule has 0 unspecified atom stereocenters. The number of ether oxygens (including phenoxy) is 1. The number of esters is 1. The maximum absolute atomic E-state index is 14.2. The zero-order valence-corrected chi connectivity index (χ0v) is 14.7. The van der Waals surface area contributed by atoms with Crippen molar-refractivity contribution in [3.05, 3.63) is 42.2 Å². The molecule has 0 aliphatic rings. The molecule has 0 fully saturated rings. The second kappa shape index (κ2) is 9.80. The molecule has 25 heavy (non-hydrogen) atoms. The van der Waals surface area contributed by atoms with Crippen LogP contribution in [0.1, 0.15) is 24.8 Å². The zero-order valence-electron chi connectivity index (χ0n) is 13.9. The van der Waals surface area contributed by atoms with Crippen LogP contribution in [0.15, 0.2) is 30.9 Å². The van der Waals surface area contributed by atoms with Crippen LogP contribution in [0.3, 0.4) is 0 Å². The van der Waals surface area contributed by atoms with E-state index in [2.05, 4.69) is 17.2 Å². The summed E-state index contributed by atoms with van der Waals surface area (Å²) in [5.74, 6) is -2.46. The molecule has 1 aromatic rings. The van der Waals surface area contributed by atoms with Crippen LogP contribution >= 0.6 is 11.9 Å². The van der Waals surface area contributed by atoms with Gasteiger partial charge in [0, 0.05) is 24.3 Å². The molecule has 9 heteroatoms. The summed E-state index contributed by atoms with van der Waals surface area (Å²) in [4.78, 5) is 34.9. The van der Waals surface area contributed by atoms with Crippen molar-refractivity contribution in [2.24, 2.45) is 5.14 Å². The van der Waals surface area contributed by atoms with Crippen molar-refractivity contribution >= 4 is 34.8 Å². The summed E-state index contributed by atoms with van der Waals surface area (Å²) in [6.07, 6.45) is 1.59. The van der Waals surface area contributed by atoms with Crippen molar-refractivity contribution in [2.75, 3.05) is 12.4 Å². The largest absolute Gasteiger partial charge is 0.467 e. The van der Waals surface area contributed by atoms with Crippen molar-refractivity contribution in [3.8, 4) is 0 Å². The zero-order chi connectivity index (χ0) is 19.0. The minimum absolute atomic E-state index is 0.0540. The lowest BCUT2D eigenvalue weighted by molar-refractivity contribution is -0.145. The molecule has 1 aromatic carbocycles. The Bertz CT molecular complexity index is 669. The second-order valence-electron chi connectivity index (χ2n) is 4.95. The highest BCUT2D eigenvalue weighted by atomic mass is 32.2. The second-order valence-corrected chi connectivity index (χ2v) is 5.56. The molecular formula is C16H20FN3O4S. The number of nitrogens with two attached hydrogens (primary N) is 1. The van der Waals surface area contributed by atoms with Crippen LogP contribution < -0.4 is 15.8 Å². The number of hydrogen-bond donors (Lipinski definition) is 3. The van der Waals surface area contributed by atoms with E-state index in [-0.39, 0.29) is 18.0 Å². The van der Waals surface area contributed by atoms with Crippen LogP contribution in [-0.4, -0.2) is 30.3 Å². The highest BCUT2D eigenvalue weighted by Crippen LogP contribution is 2.26. The topological polar surface area (TPSA) is 111 Å². The minimum atomic E-state index is -1.05. The van der Waals surface area contributed by atoms with E-state index in [1.54, 1.807) is 6.92 Å². The molecule has 1 rings (SSSR count). The molecular weight excluding hydrogens is 349 g/mol. The number of methoxy groups -OCH3 is 1. The summed E-state index contributed by atoms with van der Waals surface area (Å²) in [5, 5.41) is 9.31. The number of nitrogens with one attached hydrogen (secondary N) is 2. The van der Waals surface area contributed by atoms with Gasteiger partial charge >= 0.3 is 5.97 Å². The third-order valence-corrected chi connectivity index (χ3v) is 3.74. The van der Waals surface area contributed by atoms with Gasteiger partial charge in [-0.25, -0.2) is 9.18 Å². The molecule has 0 aliphatic heterocycles. The van der Waals surface area contributed by atoms with E-state index in [9.17, 15) is 18.8 Å². The van der Waals surface area contributed by atoms with Gasteiger partial charge in [-0.1, -0.05) is 19.1 Å². The van der Waals surface area contributed by atoms with Gasteiger partial charge in [-0.2, -0.15) is 0 Å². The van der Waals surface area contributed by atoms with Crippen molar-refractivity contribution in [2.45, 2.75) is 25.3 Å². The quantitative estimate of drug-likeness (QED) is 0.386. The van der Waals surface area contributed by atoms with Crippen LogP contribution in [0.25, 0.3) is 0 Å². The van der Waals surface area contributed by atoms with E-state index in [1.807, 2.05) is 0 Å². The third-order valence-electron chi connectivity index (χ3n) is 3.43. The van der Waals surface area contributed by atoms with Gasteiger partial charge in [0.05, 0.1) is 12.8 Å². The van der Waals surface area contributed by atoms with E-state index < -0.39 is 29.0 Å². The molecule has 0 saturated carbocycles. The summed E-state index contributed by atoms with van der Waals surface area (Å²) in [7, 11) is 1.19. The number of rotatable bonds is 7. The Balaban J connectivity index is 3.16. The standard InChI is InChI=1S/C16H20FN3O4S/c1-4-10(14(15(22)24-3)20-13(21)5-2)9-6-7-12(11(17)8-9)19-16(23)25-18/h4,6-8,10,14H,1,5,18H2,2-3H3,(H,19,23)(H,20,21)/t10-,14+/m0/s1. The predicted octanol–water partition coefficient (Wildman–Crippen LogP) is 2.30. The lowest BCUT2D eigenvalue weighted by Crippen LogP contribution is -2.45. The molecule has 0 aliphatic carbocycles. The third kappa shape index (κ3) is 5.57. The van der Waals surface area contributed by atoms with Gasteiger partial charge in [-0.05, 0) is 17.7 Å². The molecule has 0 saturated heterocycles. The number of anilines is 1. The smallest absolute Gasteiger partial charge is 0.329 e. The number of halogens is 1. The first kappa shape index (κ1) is 20.7. The molecule has 0 spiro atoms. The van der Waals surface area contributed by atoms with Crippen LogP contribution in [0.2, 0.25) is 0 Å². The Morgan fingerprint density at radius 3 is 2.60 bits per heavy atom. The van der Waals surface area contributed by atoms with E-state index in [1.165, 1.54) is 25.3 Å². The maximum Gasteiger partial charge on any atom is 0.329 e. The number of hydrogen-bond acceptors (Lipinski definition) is 6. The Morgan fingerprint density at radius 2 is 2.12 bits per heavy atom. The number of amides is 2. The first-order chi connectivity index (χ1) is 11.9. The highest BCUT2D eigenvalue weighted by molar-refractivity contribution is 8.11. The summed E-state index contributed by atoms with van der Waals surface area (Å²) in [6.45, 7) is 5.29. The molecule has 7 nitrogen and oxygen atoms in total. The minimum Gasteiger partial charge on any atom is -0.467 e. The molecule has 4 N–H and O–H groups in total. The average Bonchev–Trinajstić information content (AvgIpc) is 2.62. The Labute approximate surface area is 149 Å². The number of benzene rings is 1. The van der Waals surface area contributed by atoms with Crippen molar-refractivity contribution in [1.82, 2.24) is 5.32 Å². The van der Waals surface area contributed by atoms with Gasteiger partial charge in [-0.3, -0.25) is 14.7 Å². The van der Waals surface area contributed by atoms with Gasteiger partial charge in [0.15, 0.2) is 0 Å². The Morgan fingerprint density at radius 1 is 1.44 bits per heavy atom. The van der Waals surface area contributed by atoms with Crippen LogP contribution in [0, 0.1) is 5.82 Å². The van der Waals surface area contributed by atoms with Gasteiger partial charge in [0.1, 0.15) is 11.9 Å². The Hall–Kier alpha value is -2.39. The summed E-state index contributed by atoms with van der Waals surface area (Å²) < 4.78 is 18.9. The van der Waals surface area contributed by atoms with Gasteiger partial charge in [-0.15, -0.1) is 6.58 Å². The molecule has 0 radical (unpaired) electrons. The van der Waals surface area contributed by atoms with Crippen LogP contribution in [0.5, 0.6) is 0 Å². The van der Waals surface area contributed by atoms with Crippen molar-refractivity contribution in [3.63, 3.8) is 0 Å². The van der Waals surface area contributed by atoms with E-state index in [0.29, 0.717) is 17.5 Å². The maximum atomic E-state index is 14.2. The van der Waals surface area contributed by atoms with Gasteiger partial charge in [0.25, 0.3) is 5.24 Å².